The van der Waals surface area contributed by atoms with E-state index in [0.29, 0.717) is 10.3 Å². The van der Waals surface area contributed by atoms with Gasteiger partial charge in [-0.2, -0.15) is 0 Å². The Labute approximate surface area is 106 Å². The van der Waals surface area contributed by atoms with Gasteiger partial charge in [-0.1, -0.05) is 5.21 Å². The second-order valence-corrected chi connectivity index (χ2v) is 5.52. The molecule has 1 atom stereocenters. The number of nitrogens with zero attached hydrogens (tertiary/aromatic N) is 3. The van der Waals surface area contributed by atoms with Crippen LogP contribution in [0.15, 0.2) is 16.0 Å². The second-order valence-electron chi connectivity index (χ2n) is 3.86. The molecular formula is C10H12BrN3OS. The zero-order valence-corrected chi connectivity index (χ0v) is 11.6. The second kappa shape index (κ2) is 3.94. The van der Waals surface area contributed by atoms with Gasteiger partial charge in [-0.25, -0.2) is 4.68 Å². The highest BCUT2D eigenvalue weighted by Crippen LogP contribution is 2.37. The minimum atomic E-state index is -1.07. The number of aliphatic hydroxyl groups is 1. The van der Waals surface area contributed by atoms with Gasteiger partial charge in [0.2, 0.25) is 0 Å². The monoisotopic (exact) mass is 301 g/mol. The number of halogens is 1. The highest BCUT2D eigenvalue weighted by molar-refractivity contribution is 9.10. The first kappa shape index (κ1) is 11.8. The van der Waals surface area contributed by atoms with E-state index in [1.54, 1.807) is 18.7 Å². The summed E-state index contributed by atoms with van der Waals surface area (Å²) in [6.45, 7) is 3.74. The minimum Gasteiger partial charge on any atom is -0.378 e. The molecule has 0 fully saturated rings. The molecule has 0 aromatic carbocycles. The van der Waals surface area contributed by atoms with Crippen LogP contribution in [0.3, 0.4) is 0 Å². The molecule has 0 amide bonds. The van der Waals surface area contributed by atoms with Gasteiger partial charge in [-0.3, -0.25) is 0 Å². The third-order valence-corrected chi connectivity index (χ3v) is 4.31. The van der Waals surface area contributed by atoms with E-state index in [0.717, 1.165) is 10.4 Å². The van der Waals surface area contributed by atoms with Gasteiger partial charge in [0.05, 0.1) is 0 Å². The molecule has 0 saturated heterocycles. The van der Waals surface area contributed by atoms with Crippen LogP contribution in [-0.4, -0.2) is 20.1 Å². The van der Waals surface area contributed by atoms with Gasteiger partial charge in [0.15, 0.2) is 4.60 Å². The summed E-state index contributed by atoms with van der Waals surface area (Å²) in [5, 5.41) is 20.4. The largest absolute Gasteiger partial charge is 0.378 e. The molecular weight excluding hydrogens is 290 g/mol. The van der Waals surface area contributed by atoms with E-state index in [1.165, 1.54) is 11.3 Å². The Hall–Kier alpha value is -0.720. The maximum absolute atomic E-state index is 10.7. The summed E-state index contributed by atoms with van der Waals surface area (Å²) in [5.74, 6) is 0. The van der Waals surface area contributed by atoms with Gasteiger partial charge in [-0.05, 0) is 46.8 Å². The molecule has 2 heterocycles. The molecule has 1 unspecified atom stereocenters. The molecule has 2 aromatic heterocycles. The van der Waals surface area contributed by atoms with Crippen LogP contribution in [0.25, 0.3) is 0 Å². The smallest absolute Gasteiger partial charge is 0.154 e. The van der Waals surface area contributed by atoms with Gasteiger partial charge in [-0.15, -0.1) is 16.4 Å². The lowest BCUT2D eigenvalue weighted by molar-refractivity contribution is 0.0954. The molecule has 86 valence electrons. The topological polar surface area (TPSA) is 50.9 Å². The van der Waals surface area contributed by atoms with Crippen molar-refractivity contribution in [2.45, 2.75) is 19.4 Å². The Bertz CT molecular complexity index is 498. The van der Waals surface area contributed by atoms with Crippen molar-refractivity contribution in [2.24, 2.45) is 7.05 Å². The summed E-state index contributed by atoms with van der Waals surface area (Å²) in [7, 11) is 1.77. The lowest BCUT2D eigenvalue weighted by Gasteiger charge is -2.23. The molecule has 0 aliphatic rings. The number of aromatic nitrogens is 3. The Kier molecular flexibility index (Phi) is 2.90. The van der Waals surface area contributed by atoms with E-state index in [4.69, 9.17) is 0 Å². The van der Waals surface area contributed by atoms with E-state index in [9.17, 15) is 5.11 Å². The molecule has 16 heavy (non-hydrogen) atoms. The standard InChI is InChI=1S/C10H12BrN3OS/c1-6-4-5-16-8(6)10(2,15)7-9(11)12-13-14(7)3/h4-5,15H,1-3H3. The quantitative estimate of drug-likeness (QED) is 0.925. The first-order valence-corrected chi connectivity index (χ1v) is 6.44. The number of hydrogen-bond acceptors (Lipinski definition) is 4. The first-order valence-electron chi connectivity index (χ1n) is 4.77. The zero-order valence-electron chi connectivity index (χ0n) is 9.23. The van der Waals surface area contributed by atoms with E-state index in [2.05, 4.69) is 26.2 Å². The third-order valence-electron chi connectivity index (χ3n) is 2.55. The first-order chi connectivity index (χ1) is 7.44. The van der Waals surface area contributed by atoms with Crippen LogP contribution in [0.5, 0.6) is 0 Å². The number of rotatable bonds is 2. The molecule has 1 N–H and O–H groups in total. The molecule has 0 spiro atoms. The fraction of sp³-hybridized carbons (Fsp3) is 0.400. The summed E-state index contributed by atoms with van der Waals surface area (Å²) >= 11 is 4.85. The van der Waals surface area contributed by atoms with Crippen molar-refractivity contribution in [1.29, 1.82) is 0 Å². The Morgan fingerprint density at radius 1 is 1.56 bits per heavy atom. The molecule has 0 bridgehead atoms. The van der Waals surface area contributed by atoms with Crippen LogP contribution in [0.4, 0.5) is 0 Å². The van der Waals surface area contributed by atoms with E-state index in [1.807, 2.05) is 18.4 Å². The van der Waals surface area contributed by atoms with E-state index in [-0.39, 0.29) is 0 Å². The average molecular weight is 302 g/mol. The van der Waals surface area contributed by atoms with Crippen molar-refractivity contribution in [2.75, 3.05) is 0 Å². The van der Waals surface area contributed by atoms with Crippen LogP contribution in [0, 0.1) is 6.92 Å². The molecule has 0 aliphatic carbocycles. The fourth-order valence-electron chi connectivity index (χ4n) is 1.83. The Morgan fingerprint density at radius 2 is 2.25 bits per heavy atom. The normalized spacial score (nSPS) is 15.1. The summed E-state index contributed by atoms with van der Waals surface area (Å²) in [6, 6.07) is 1.99. The molecule has 0 saturated carbocycles. The van der Waals surface area contributed by atoms with Crippen LogP contribution in [-0.2, 0) is 12.6 Å². The average Bonchev–Trinajstić information content (AvgIpc) is 2.73. The predicted molar refractivity (Wildman–Crippen MR) is 66.4 cm³/mol. The number of aryl methyl sites for hydroxylation is 2. The Morgan fingerprint density at radius 3 is 2.69 bits per heavy atom. The molecule has 4 nitrogen and oxygen atoms in total. The Balaban J connectivity index is 2.59. The maximum atomic E-state index is 10.7. The van der Waals surface area contributed by atoms with Crippen molar-refractivity contribution in [3.63, 3.8) is 0 Å². The number of thiophene rings is 1. The highest BCUT2D eigenvalue weighted by atomic mass is 79.9. The zero-order chi connectivity index (χ0) is 11.9. The molecule has 0 aliphatic heterocycles. The van der Waals surface area contributed by atoms with E-state index < -0.39 is 5.60 Å². The fourth-order valence-corrected chi connectivity index (χ4v) is 3.53. The van der Waals surface area contributed by atoms with Gasteiger partial charge in [0, 0.05) is 11.9 Å². The van der Waals surface area contributed by atoms with Gasteiger partial charge in [0.25, 0.3) is 0 Å². The lowest BCUT2D eigenvalue weighted by Crippen LogP contribution is -2.26. The van der Waals surface area contributed by atoms with Crippen LogP contribution < -0.4 is 0 Å². The SMILES string of the molecule is Cc1ccsc1C(C)(O)c1c(Br)nnn1C. The predicted octanol–water partition coefficient (Wildman–Crippen LogP) is 2.20. The maximum Gasteiger partial charge on any atom is 0.154 e. The summed E-state index contributed by atoms with van der Waals surface area (Å²) < 4.78 is 2.16. The van der Waals surface area contributed by atoms with Gasteiger partial charge >= 0.3 is 0 Å². The number of hydrogen-bond donors (Lipinski definition) is 1. The third kappa shape index (κ3) is 1.70. The molecule has 6 heteroatoms. The van der Waals surface area contributed by atoms with E-state index >= 15 is 0 Å². The van der Waals surface area contributed by atoms with Crippen LogP contribution >= 0.6 is 27.3 Å². The van der Waals surface area contributed by atoms with Gasteiger partial charge in [0.1, 0.15) is 11.3 Å². The van der Waals surface area contributed by atoms with Crippen molar-refractivity contribution in [3.05, 3.63) is 32.2 Å². The van der Waals surface area contributed by atoms with Gasteiger partial charge < -0.3 is 5.11 Å². The van der Waals surface area contributed by atoms with Crippen LogP contribution in [0.2, 0.25) is 0 Å². The van der Waals surface area contributed by atoms with Crippen molar-refractivity contribution < 1.29 is 5.11 Å². The van der Waals surface area contributed by atoms with Crippen molar-refractivity contribution in [3.8, 4) is 0 Å². The highest BCUT2D eigenvalue weighted by Gasteiger charge is 2.34. The molecule has 2 aromatic rings. The summed E-state index contributed by atoms with van der Waals surface area (Å²) in [5.41, 5.74) is 0.663. The lowest BCUT2D eigenvalue weighted by atomic mass is 9.98. The summed E-state index contributed by atoms with van der Waals surface area (Å²) in [4.78, 5) is 0.915. The molecule has 0 radical (unpaired) electrons. The molecule has 2 rings (SSSR count). The van der Waals surface area contributed by atoms with Crippen LogP contribution in [0.1, 0.15) is 23.1 Å². The minimum absolute atomic E-state index is 0.577. The van der Waals surface area contributed by atoms with Crippen molar-refractivity contribution in [1.82, 2.24) is 15.0 Å². The summed E-state index contributed by atoms with van der Waals surface area (Å²) in [6.07, 6.45) is 0. The van der Waals surface area contributed by atoms with Crippen molar-refractivity contribution >= 4 is 27.3 Å².